The second kappa shape index (κ2) is 6.73. The summed E-state index contributed by atoms with van der Waals surface area (Å²) in [4.78, 5) is 4.30. The first-order chi connectivity index (χ1) is 9.22. The number of rotatable bonds is 2. The molecule has 2 rings (SSSR count). The lowest BCUT2D eigenvalue weighted by molar-refractivity contribution is 0.516. The highest BCUT2D eigenvalue weighted by molar-refractivity contribution is 5.07. The summed E-state index contributed by atoms with van der Waals surface area (Å²) in [5.41, 5.74) is 3.45. The van der Waals surface area contributed by atoms with Gasteiger partial charge in [-0.05, 0) is 61.5 Å². The Bertz CT molecular complexity index is 497. The van der Waals surface area contributed by atoms with Crippen LogP contribution in [0, 0.1) is 27.7 Å². The molecule has 2 heterocycles. The number of hydrogen-bond donors (Lipinski definition) is 0. The summed E-state index contributed by atoms with van der Waals surface area (Å²) in [6, 6.07) is 3.11. The minimum absolute atomic E-state index is 0.480. The van der Waals surface area contributed by atoms with Crippen molar-refractivity contribution in [2.75, 3.05) is 0 Å². The molecule has 0 atom stereocenters. The quantitative estimate of drug-likeness (QED) is 0.825. The molecule has 0 aliphatic carbocycles. The maximum absolute atomic E-state index is 4.33. The van der Waals surface area contributed by atoms with Crippen LogP contribution in [0.3, 0.4) is 0 Å². The van der Waals surface area contributed by atoms with E-state index < -0.39 is 0 Å². The lowest BCUT2D eigenvalue weighted by Gasteiger charge is -2.07. The van der Waals surface area contributed by atoms with Crippen LogP contribution < -0.4 is 0 Å². The maximum Gasteiger partial charge on any atom is 0.106 e. The normalized spacial score (nSPS) is 10.9. The molecule has 0 aromatic carbocycles. The zero-order valence-corrected chi connectivity index (χ0v) is 14.1. The summed E-state index contributed by atoms with van der Waals surface area (Å²) < 4.78 is 4.21. The van der Waals surface area contributed by atoms with Crippen molar-refractivity contribution in [3.8, 4) is 0 Å². The van der Waals surface area contributed by atoms with Gasteiger partial charge in [-0.3, -0.25) is 4.68 Å². The molecule has 0 unspecified atom stereocenters. The van der Waals surface area contributed by atoms with E-state index in [0.717, 1.165) is 17.2 Å². The lowest BCUT2D eigenvalue weighted by Crippen LogP contribution is -2.04. The Balaban J connectivity index is 0.000000200. The van der Waals surface area contributed by atoms with Crippen LogP contribution >= 0.6 is 0 Å². The molecule has 0 spiro atoms. The Morgan fingerprint density at radius 1 is 0.900 bits per heavy atom. The molecule has 4 heteroatoms. The Morgan fingerprint density at radius 2 is 1.50 bits per heavy atom. The Morgan fingerprint density at radius 3 is 1.70 bits per heavy atom. The van der Waals surface area contributed by atoms with Gasteiger partial charge in [0, 0.05) is 24.0 Å². The van der Waals surface area contributed by atoms with Gasteiger partial charge < -0.3 is 4.57 Å². The van der Waals surface area contributed by atoms with Crippen molar-refractivity contribution < 1.29 is 0 Å². The topological polar surface area (TPSA) is 35.6 Å². The first kappa shape index (κ1) is 16.5. The summed E-state index contributed by atoms with van der Waals surface area (Å²) in [7, 11) is 0. The van der Waals surface area contributed by atoms with Crippen molar-refractivity contribution in [1.82, 2.24) is 19.3 Å². The highest BCUT2D eigenvalue weighted by Gasteiger charge is 2.03. The molecule has 4 nitrogen and oxygen atoms in total. The SMILES string of the molecule is Cc1cc(C)n(C(C)C)n1.Cc1cn(C(C)C)c(C)n1. The zero-order valence-electron chi connectivity index (χ0n) is 14.1. The van der Waals surface area contributed by atoms with Crippen LogP contribution in [-0.4, -0.2) is 19.3 Å². The van der Waals surface area contributed by atoms with Gasteiger partial charge in [0.1, 0.15) is 5.82 Å². The molecule has 0 amide bonds. The van der Waals surface area contributed by atoms with Gasteiger partial charge in [0.2, 0.25) is 0 Å². The van der Waals surface area contributed by atoms with Crippen molar-refractivity contribution in [3.05, 3.63) is 35.2 Å². The number of aryl methyl sites for hydroxylation is 4. The number of imidazole rings is 1. The molecule has 0 N–H and O–H groups in total. The molecule has 112 valence electrons. The Hall–Kier alpha value is -1.58. The summed E-state index contributed by atoms with van der Waals surface area (Å²) in [5.74, 6) is 1.10. The van der Waals surface area contributed by atoms with E-state index in [0.29, 0.717) is 12.1 Å². The number of aromatic nitrogens is 4. The lowest BCUT2D eigenvalue weighted by atomic mass is 10.3. The predicted molar refractivity (Wildman–Crippen MR) is 84.2 cm³/mol. The first-order valence-corrected chi connectivity index (χ1v) is 7.27. The van der Waals surface area contributed by atoms with Gasteiger partial charge in [0.25, 0.3) is 0 Å². The fraction of sp³-hybridized carbons (Fsp3) is 0.625. The van der Waals surface area contributed by atoms with Crippen LogP contribution in [0.25, 0.3) is 0 Å². The van der Waals surface area contributed by atoms with E-state index in [2.05, 4.69) is 61.5 Å². The summed E-state index contributed by atoms with van der Waals surface area (Å²) in [5, 5.41) is 4.33. The smallest absolute Gasteiger partial charge is 0.106 e. The first-order valence-electron chi connectivity index (χ1n) is 7.27. The third kappa shape index (κ3) is 4.22. The third-order valence-electron chi connectivity index (χ3n) is 3.13. The van der Waals surface area contributed by atoms with Gasteiger partial charge >= 0.3 is 0 Å². The molecular formula is C16H28N4. The van der Waals surface area contributed by atoms with Crippen LogP contribution in [0.15, 0.2) is 12.3 Å². The molecule has 0 radical (unpaired) electrons. The molecule has 0 saturated carbocycles. The van der Waals surface area contributed by atoms with Gasteiger partial charge in [-0.1, -0.05) is 0 Å². The van der Waals surface area contributed by atoms with Crippen molar-refractivity contribution in [1.29, 1.82) is 0 Å². The van der Waals surface area contributed by atoms with Gasteiger partial charge in [0.15, 0.2) is 0 Å². The molecule has 2 aromatic heterocycles. The second-order valence-corrected chi connectivity index (χ2v) is 5.90. The highest BCUT2D eigenvalue weighted by Crippen LogP contribution is 2.09. The van der Waals surface area contributed by atoms with E-state index in [-0.39, 0.29) is 0 Å². The van der Waals surface area contributed by atoms with Gasteiger partial charge in [-0.2, -0.15) is 5.10 Å². The minimum Gasteiger partial charge on any atom is -0.332 e. The van der Waals surface area contributed by atoms with E-state index in [1.54, 1.807) is 0 Å². The van der Waals surface area contributed by atoms with Crippen molar-refractivity contribution in [2.45, 2.75) is 67.5 Å². The Kier molecular flexibility index (Phi) is 5.54. The summed E-state index contributed by atoms with van der Waals surface area (Å²) in [6.07, 6.45) is 2.08. The van der Waals surface area contributed by atoms with Crippen molar-refractivity contribution in [3.63, 3.8) is 0 Å². The molecule has 0 aliphatic heterocycles. The predicted octanol–water partition coefficient (Wildman–Crippen LogP) is 4.16. The van der Waals surface area contributed by atoms with Crippen LogP contribution in [-0.2, 0) is 0 Å². The average molecular weight is 276 g/mol. The van der Waals surface area contributed by atoms with Crippen LogP contribution in [0.2, 0.25) is 0 Å². The third-order valence-corrected chi connectivity index (χ3v) is 3.13. The monoisotopic (exact) mass is 276 g/mol. The van der Waals surface area contributed by atoms with E-state index in [1.165, 1.54) is 5.69 Å². The Labute approximate surface area is 122 Å². The van der Waals surface area contributed by atoms with Crippen molar-refractivity contribution >= 4 is 0 Å². The highest BCUT2D eigenvalue weighted by atomic mass is 15.3. The number of hydrogen-bond acceptors (Lipinski definition) is 2. The molecule has 0 fully saturated rings. The van der Waals surface area contributed by atoms with Crippen molar-refractivity contribution in [2.24, 2.45) is 0 Å². The fourth-order valence-electron chi connectivity index (χ4n) is 2.33. The summed E-state index contributed by atoms with van der Waals surface area (Å²) in [6.45, 7) is 16.8. The van der Waals surface area contributed by atoms with Gasteiger partial charge in [-0.15, -0.1) is 0 Å². The largest absolute Gasteiger partial charge is 0.332 e. The molecule has 20 heavy (non-hydrogen) atoms. The number of nitrogens with zero attached hydrogens (tertiary/aromatic N) is 4. The van der Waals surface area contributed by atoms with E-state index >= 15 is 0 Å². The minimum atomic E-state index is 0.480. The van der Waals surface area contributed by atoms with Crippen LogP contribution in [0.4, 0.5) is 0 Å². The zero-order chi connectivity index (χ0) is 15.4. The van der Waals surface area contributed by atoms with Gasteiger partial charge in [-0.25, -0.2) is 4.98 Å². The molecule has 0 bridgehead atoms. The van der Waals surface area contributed by atoms with Crippen LogP contribution in [0.5, 0.6) is 0 Å². The average Bonchev–Trinajstić information content (AvgIpc) is 2.82. The molecule has 0 saturated heterocycles. The van der Waals surface area contributed by atoms with E-state index in [4.69, 9.17) is 0 Å². The molecule has 0 aliphatic rings. The molecular weight excluding hydrogens is 248 g/mol. The maximum atomic E-state index is 4.33. The second-order valence-electron chi connectivity index (χ2n) is 5.90. The van der Waals surface area contributed by atoms with Gasteiger partial charge in [0.05, 0.1) is 11.4 Å². The fourth-order valence-corrected chi connectivity index (χ4v) is 2.33. The summed E-state index contributed by atoms with van der Waals surface area (Å²) >= 11 is 0. The van der Waals surface area contributed by atoms with Crippen LogP contribution in [0.1, 0.15) is 62.7 Å². The van der Waals surface area contributed by atoms with E-state index in [9.17, 15) is 0 Å². The standard InChI is InChI=1S/2C8H14N2/c1-6(2)10-5-7(3)9-8(10)4;1-6(2)10-8(4)5-7(3)9-10/h2*5-6H,1-4H3. The van der Waals surface area contributed by atoms with E-state index in [1.807, 2.05) is 25.5 Å². The molecule has 2 aromatic rings.